The van der Waals surface area contributed by atoms with E-state index in [-0.39, 0.29) is 17.7 Å². The lowest BCUT2D eigenvalue weighted by Gasteiger charge is -2.18. The van der Waals surface area contributed by atoms with Crippen LogP contribution in [0.3, 0.4) is 0 Å². The molecule has 1 aliphatic heterocycles. The summed E-state index contributed by atoms with van der Waals surface area (Å²) < 4.78 is 19.0. The molecule has 1 saturated carbocycles. The molecule has 1 amide bonds. The lowest BCUT2D eigenvalue weighted by molar-refractivity contribution is -0.118. The van der Waals surface area contributed by atoms with E-state index >= 15 is 0 Å². The molecule has 0 spiro atoms. The summed E-state index contributed by atoms with van der Waals surface area (Å²) in [6, 6.07) is 5.09. The first-order valence-corrected chi connectivity index (χ1v) is 7.19. The molecular weight excluding hydrogens is 259 g/mol. The number of carbonyl (C=O) groups is 1. The average molecular weight is 278 g/mol. The van der Waals surface area contributed by atoms with E-state index < -0.39 is 5.82 Å². The molecule has 108 valence electrons. The number of ether oxygens (including phenoxy) is 1. The number of halogens is 1. The van der Waals surface area contributed by atoms with Crippen molar-refractivity contribution in [1.29, 1.82) is 0 Å². The fraction of sp³-hybridized carbons (Fsp3) is 0.533. The number of amides is 1. The molecule has 3 rings (SSSR count). The normalized spacial score (nSPS) is 22.4. The zero-order valence-corrected chi connectivity index (χ0v) is 11.6. The Morgan fingerprint density at radius 2 is 2.20 bits per heavy atom. The van der Waals surface area contributed by atoms with Crippen LogP contribution in [0.2, 0.25) is 0 Å². The maximum Gasteiger partial charge on any atom is 0.244 e. The maximum absolute atomic E-state index is 13.9. The van der Waals surface area contributed by atoms with Gasteiger partial charge in [0.15, 0.2) is 11.6 Å². The molecule has 2 fully saturated rings. The first-order chi connectivity index (χ1) is 9.69. The van der Waals surface area contributed by atoms with E-state index in [9.17, 15) is 9.18 Å². The Labute approximate surface area is 117 Å². The second kappa shape index (κ2) is 5.40. The molecule has 1 unspecified atom stereocenters. The molecular formula is C15H19FN2O2. The highest BCUT2D eigenvalue weighted by Gasteiger charge is 2.36. The van der Waals surface area contributed by atoms with Crippen LogP contribution in [-0.4, -0.2) is 31.1 Å². The van der Waals surface area contributed by atoms with Crippen molar-refractivity contribution >= 4 is 11.6 Å². The fourth-order valence-corrected chi connectivity index (χ4v) is 2.56. The molecule has 0 aromatic heterocycles. The van der Waals surface area contributed by atoms with E-state index in [4.69, 9.17) is 4.74 Å². The number of nitrogens with zero attached hydrogens (tertiary/aromatic N) is 1. The van der Waals surface area contributed by atoms with Gasteiger partial charge < -0.3 is 15.0 Å². The lowest BCUT2D eigenvalue weighted by atomic mass is 10.2. The largest absolute Gasteiger partial charge is 0.491 e. The van der Waals surface area contributed by atoms with Gasteiger partial charge in [0.25, 0.3) is 0 Å². The highest BCUT2D eigenvalue weighted by molar-refractivity contribution is 5.99. The summed E-state index contributed by atoms with van der Waals surface area (Å²) in [7, 11) is 0. The third-order valence-electron chi connectivity index (χ3n) is 3.75. The number of rotatable bonds is 5. The Kier molecular flexibility index (Phi) is 3.61. The van der Waals surface area contributed by atoms with Gasteiger partial charge in [0, 0.05) is 24.3 Å². The van der Waals surface area contributed by atoms with Gasteiger partial charge in [-0.1, -0.05) is 0 Å². The molecule has 1 aliphatic carbocycles. The minimum atomic E-state index is -0.421. The Hall–Kier alpha value is -1.62. The van der Waals surface area contributed by atoms with Crippen LogP contribution in [0.15, 0.2) is 18.2 Å². The molecule has 4 nitrogen and oxygen atoms in total. The molecule has 1 atom stereocenters. The van der Waals surface area contributed by atoms with Gasteiger partial charge in [-0.25, -0.2) is 4.39 Å². The Morgan fingerprint density at radius 3 is 2.85 bits per heavy atom. The van der Waals surface area contributed by atoms with Crippen LogP contribution in [0.4, 0.5) is 10.1 Å². The van der Waals surface area contributed by atoms with Crippen molar-refractivity contribution in [3.05, 3.63) is 24.0 Å². The highest BCUT2D eigenvalue weighted by atomic mass is 19.1. The smallest absolute Gasteiger partial charge is 0.244 e. The van der Waals surface area contributed by atoms with Crippen LogP contribution in [0.1, 0.15) is 26.2 Å². The fourth-order valence-electron chi connectivity index (χ4n) is 2.56. The summed E-state index contributed by atoms with van der Waals surface area (Å²) in [6.45, 7) is 2.87. The van der Waals surface area contributed by atoms with Crippen molar-refractivity contribution in [3.63, 3.8) is 0 Å². The highest BCUT2D eigenvalue weighted by Crippen LogP contribution is 2.28. The third kappa shape index (κ3) is 2.63. The number of benzene rings is 1. The van der Waals surface area contributed by atoms with Gasteiger partial charge in [-0.2, -0.15) is 0 Å². The van der Waals surface area contributed by atoms with Gasteiger partial charge in [-0.05, 0) is 38.3 Å². The summed E-state index contributed by atoms with van der Waals surface area (Å²) in [5, 5.41) is 3.34. The molecule has 0 bridgehead atoms. The summed E-state index contributed by atoms with van der Waals surface area (Å²) in [4.78, 5) is 14.0. The van der Waals surface area contributed by atoms with Gasteiger partial charge >= 0.3 is 0 Å². The van der Waals surface area contributed by atoms with E-state index in [1.54, 1.807) is 17.0 Å². The second-order valence-electron chi connectivity index (χ2n) is 5.32. The molecule has 2 aliphatic rings. The van der Waals surface area contributed by atoms with Crippen LogP contribution in [0.5, 0.6) is 5.75 Å². The summed E-state index contributed by atoms with van der Waals surface area (Å²) in [6.07, 6.45) is 3.09. The summed E-state index contributed by atoms with van der Waals surface area (Å²) in [5.41, 5.74) is 0.607. The Balaban J connectivity index is 1.72. The van der Waals surface area contributed by atoms with E-state index in [0.29, 0.717) is 24.9 Å². The van der Waals surface area contributed by atoms with E-state index in [0.717, 1.165) is 19.3 Å². The van der Waals surface area contributed by atoms with Crippen molar-refractivity contribution in [1.82, 2.24) is 5.32 Å². The van der Waals surface area contributed by atoms with Crippen LogP contribution in [0, 0.1) is 5.82 Å². The maximum atomic E-state index is 13.9. The molecule has 1 aromatic carbocycles. The second-order valence-corrected chi connectivity index (χ2v) is 5.32. The van der Waals surface area contributed by atoms with Crippen LogP contribution in [-0.2, 0) is 4.79 Å². The van der Waals surface area contributed by atoms with Gasteiger partial charge in [-0.3, -0.25) is 4.79 Å². The zero-order valence-electron chi connectivity index (χ0n) is 11.6. The van der Waals surface area contributed by atoms with Crippen LogP contribution < -0.4 is 15.0 Å². The van der Waals surface area contributed by atoms with Gasteiger partial charge in [0.05, 0.1) is 12.6 Å². The SMILES string of the molecule is CCOc1ccc(N2CCC(NC3CC3)C2=O)cc1F. The molecule has 1 heterocycles. The number of hydrogen-bond donors (Lipinski definition) is 1. The quantitative estimate of drug-likeness (QED) is 0.896. The first-order valence-electron chi connectivity index (χ1n) is 7.19. The topological polar surface area (TPSA) is 41.6 Å². The van der Waals surface area contributed by atoms with Crippen molar-refractivity contribution < 1.29 is 13.9 Å². The van der Waals surface area contributed by atoms with Crippen molar-refractivity contribution in [2.24, 2.45) is 0 Å². The number of anilines is 1. The molecule has 1 aromatic rings. The summed E-state index contributed by atoms with van der Waals surface area (Å²) in [5.74, 6) is -0.147. The summed E-state index contributed by atoms with van der Waals surface area (Å²) >= 11 is 0. The van der Waals surface area contributed by atoms with Crippen molar-refractivity contribution in [2.45, 2.75) is 38.3 Å². The van der Waals surface area contributed by atoms with Crippen molar-refractivity contribution in [2.75, 3.05) is 18.1 Å². The Bertz CT molecular complexity index is 517. The third-order valence-corrected chi connectivity index (χ3v) is 3.75. The zero-order chi connectivity index (χ0) is 14.1. The standard InChI is InChI=1S/C15H19FN2O2/c1-2-20-14-6-5-11(9-12(14)16)18-8-7-13(15(18)19)17-10-3-4-10/h5-6,9-10,13,17H,2-4,7-8H2,1H3. The van der Waals surface area contributed by atoms with Crippen LogP contribution in [0.25, 0.3) is 0 Å². The first kappa shape index (κ1) is 13.4. The molecule has 1 saturated heterocycles. The number of carbonyl (C=O) groups excluding carboxylic acids is 1. The minimum absolute atomic E-state index is 0.0421. The molecule has 20 heavy (non-hydrogen) atoms. The van der Waals surface area contributed by atoms with Gasteiger partial charge in [0.1, 0.15) is 0 Å². The van der Waals surface area contributed by atoms with Crippen LogP contribution >= 0.6 is 0 Å². The molecule has 1 N–H and O–H groups in total. The number of nitrogens with one attached hydrogen (secondary N) is 1. The predicted octanol–water partition coefficient (Wildman–Crippen LogP) is 2.08. The average Bonchev–Trinajstić information content (AvgIpc) is 3.17. The lowest BCUT2D eigenvalue weighted by Crippen LogP contribution is -2.39. The van der Waals surface area contributed by atoms with Gasteiger partial charge in [-0.15, -0.1) is 0 Å². The van der Waals surface area contributed by atoms with E-state index in [1.807, 2.05) is 6.92 Å². The number of hydrogen-bond acceptors (Lipinski definition) is 3. The Morgan fingerprint density at radius 1 is 1.40 bits per heavy atom. The van der Waals surface area contributed by atoms with Crippen molar-refractivity contribution in [3.8, 4) is 5.75 Å². The van der Waals surface area contributed by atoms with Gasteiger partial charge in [0.2, 0.25) is 5.91 Å². The van der Waals surface area contributed by atoms with E-state index in [2.05, 4.69) is 5.32 Å². The minimum Gasteiger partial charge on any atom is -0.491 e. The predicted molar refractivity (Wildman–Crippen MR) is 74.5 cm³/mol. The molecule has 5 heteroatoms. The molecule has 0 radical (unpaired) electrons. The van der Waals surface area contributed by atoms with E-state index in [1.165, 1.54) is 6.07 Å². The monoisotopic (exact) mass is 278 g/mol.